The van der Waals surface area contributed by atoms with Crippen molar-refractivity contribution in [1.29, 1.82) is 0 Å². The fraction of sp³-hybridized carbons (Fsp3) is 0.391. The zero-order chi connectivity index (χ0) is 21.6. The van der Waals surface area contributed by atoms with Crippen molar-refractivity contribution in [3.8, 4) is 5.75 Å². The summed E-state index contributed by atoms with van der Waals surface area (Å²) in [5.74, 6) is -0.221. The number of piperazine rings is 1. The average molecular weight is 495 g/mol. The molecule has 0 amide bonds. The van der Waals surface area contributed by atoms with E-state index in [4.69, 9.17) is 14.2 Å². The summed E-state index contributed by atoms with van der Waals surface area (Å²) in [7, 11) is 0. The largest absolute Gasteiger partial charge is 0.488 e. The van der Waals surface area contributed by atoms with Gasteiger partial charge < -0.3 is 19.1 Å². The smallest absolute Gasteiger partial charge is 0.231 e. The third-order valence-electron chi connectivity index (χ3n) is 5.42. The summed E-state index contributed by atoms with van der Waals surface area (Å²) >= 11 is 3.06. The Morgan fingerprint density at radius 3 is 2.45 bits per heavy atom. The first-order valence-electron chi connectivity index (χ1n) is 10.4. The zero-order valence-electron chi connectivity index (χ0n) is 17.2. The third-order valence-corrected chi connectivity index (χ3v) is 5.87. The standard InChI is InChI=1S/C23H25BrF2N2O3/c24-18-13-19(25)23(20(26)14-18)29-12-4-7-27-8-10-28(11-9-27)22-16-30-21(15-31-22)17-5-2-1-3-6-17/h1-2,5,13-16H,3-4,6-12H2. The van der Waals surface area contributed by atoms with Crippen molar-refractivity contribution in [2.24, 2.45) is 0 Å². The lowest BCUT2D eigenvalue weighted by Gasteiger charge is -2.36. The number of benzene rings is 1. The molecule has 5 nitrogen and oxygen atoms in total. The molecule has 1 fully saturated rings. The van der Waals surface area contributed by atoms with Gasteiger partial charge in [0.2, 0.25) is 5.88 Å². The highest BCUT2D eigenvalue weighted by atomic mass is 79.9. The minimum absolute atomic E-state index is 0.260. The summed E-state index contributed by atoms with van der Waals surface area (Å²) in [4.78, 5) is 4.46. The molecule has 0 aromatic heterocycles. The van der Waals surface area contributed by atoms with E-state index in [2.05, 4.69) is 37.9 Å². The Hall–Kier alpha value is -2.32. The Labute approximate surface area is 189 Å². The maximum Gasteiger partial charge on any atom is 0.231 e. The van der Waals surface area contributed by atoms with Gasteiger partial charge in [0.15, 0.2) is 29.4 Å². The van der Waals surface area contributed by atoms with E-state index in [9.17, 15) is 8.78 Å². The van der Waals surface area contributed by atoms with Gasteiger partial charge in [0.05, 0.1) is 6.61 Å². The summed E-state index contributed by atoms with van der Waals surface area (Å²) in [6.07, 6.45) is 12.3. The molecule has 0 saturated carbocycles. The first-order chi connectivity index (χ1) is 15.1. The lowest BCUT2D eigenvalue weighted by Crippen LogP contribution is -2.46. The van der Waals surface area contributed by atoms with Gasteiger partial charge in [-0.25, -0.2) is 8.78 Å². The van der Waals surface area contributed by atoms with Gasteiger partial charge in [-0.1, -0.05) is 34.2 Å². The minimum atomic E-state index is -0.697. The van der Waals surface area contributed by atoms with Crippen molar-refractivity contribution >= 4 is 15.9 Å². The van der Waals surface area contributed by atoms with Gasteiger partial charge in [-0.05, 0) is 37.0 Å². The Morgan fingerprint density at radius 2 is 1.81 bits per heavy atom. The average Bonchev–Trinajstić information content (AvgIpc) is 2.79. The lowest BCUT2D eigenvalue weighted by molar-refractivity contribution is 0.0821. The molecule has 31 heavy (non-hydrogen) atoms. The van der Waals surface area contributed by atoms with Crippen molar-refractivity contribution in [3.63, 3.8) is 0 Å². The van der Waals surface area contributed by atoms with Crippen LogP contribution in [0.15, 0.2) is 64.6 Å². The maximum atomic E-state index is 13.8. The van der Waals surface area contributed by atoms with Crippen molar-refractivity contribution in [1.82, 2.24) is 9.80 Å². The maximum absolute atomic E-state index is 13.8. The van der Waals surface area contributed by atoms with Crippen LogP contribution in [-0.2, 0) is 9.47 Å². The fourth-order valence-corrected chi connectivity index (χ4v) is 4.11. The SMILES string of the molecule is Fc1cc(Br)cc(F)c1OCCCN1CCN(C2=COC(C3=CC=CCC3)=CO2)CC1. The molecule has 8 heteroatoms. The summed E-state index contributed by atoms with van der Waals surface area (Å²) in [6.45, 7) is 4.44. The second-order valence-electron chi connectivity index (χ2n) is 7.56. The van der Waals surface area contributed by atoms with E-state index >= 15 is 0 Å². The fourth-order valence-electron chi connectivity index (χ4n) is 3.71. The van der Waals surface area contributed by atoms with E-state index in [0.29, 0.717) is 10.9 Å². The van der Waals surface area contributed by atoms with Crippen LogP contribution in [-0.4, -0.2) is 49.1 Å². The molecule has 2 heterocycles. The molecule has 1 aliphatic carbocycles. The van der Waals surface area contributed by atoms with Crippen LogP contribution in [0.2, 0.25) is 0 Å². The van der Waals surface area contributed by atoms with Gasteiger partial charge in [0.25, 0.3) is 0 Å². The predicted octanol–water partition coefficient (Wildman–Crippen LogP) is 5.08. The quantitative estimate of drug-likeness (QED) is 0.494. The number of hydrogen-bond acceptors (Lipinski definition) is 5. The topological polar surface area (TPSA) is 34.2 Å². The number of halogens is 3. The molecule has 4 rings (SSSR count). The zero-order valence-corrected chi connectivity index (χ0v) is 18.7. The van der Waals surface area contributed by atoms with Gasteiger partial charge in [-0.15, -0.1) is 0 Å². The normalized spacial score (nSPS) is 19.2. The van der Waals surface area contributed by atoms with Gasteiger partial charge in [0, 0.05) is 37.2 Å². The molecule has 1 aromatic rings. The van der Waals surface area contributed by atoms with Gasteiger partial charge in [0.1, 0.15) is 6.26 Å². The monoisotopic (exact) mass is 494 g/mol. The summed E-state index contributed by atoms with van der Waals surface area (Å²) in [6, 6.07) is 2.40. The number of rotatable bonds is 7. The van der Waals surface area contributed by atoms with Crippen molar-refractivity contribution in [3.05, 3.63) is 76.2 Å². The van der Waals surface area contributed by atoms with Crippen LogP contribution < -0.4 is 4.74 Å². The molecule has 166 valence electrons. The van der Waals surface area contributed by atoms with Crippen LogP contribution in [0.3, 0.4) is 0 Å². The van der Waals surface area contributed by atoms with Crippen LogP contribution in [0.5, 0.6) is 5.75 Å². The molecular weight excluding hydrogens is 470 g/mol. The van der Waals surface area contributed by atoms with E-state index in [0.717, 1.165) is 62.8 Å². The Kier molecular flexibility index (Phi) is 7.29. The molecule has 3 aliphatic rings. The van der Waals surface area contributed by atoms with E-state index in [1.54, 1.807) is 12.5 Å². The highest BCUT2D eigenvalue weighted by Gasteiger charge is 2.22. The van der Waals surface area contributed by atoms with Crippen molar-refractivity contribution in [2.75, 3.05) is 39.3 Å². The second-order valence-corrected chi connectivity index (χ2v) is 8.48. The molecule has 1 saturated heterocycles. The highest BCUT2D eigenvalue weighted by molar-refractivity contribution is 9.10. The number of nitrogens with zero attached hydrogens (tertiary/aromatic N) is 2. The number of ether oxygens (including phenoxy) is 3. The van der Waals surface area contributed by atoms with Crippen LogP contribution in [0.4, 0.5) is 8.78 Å². The van der Waals surface area contributed by atoms with E-state index in [1.807, 2.05) is 6.08 Å². The lowest BCUT2D eigenvalue weighted by atomic mass is 10.0. The van der Waals surface area contributed by atoms with Crippen LogP contribution >= 0.6 is 15.9 Å². The highest BCUT2D eigenvalue weighted by Crippen LogP contribution is 2.27. The second kappa shape index (κ2) is 10.3. The van der Waals surface area contributed by atoms with E-state index < -0.39 is 11.6 Å². The molecule has 0 spiro atoms. The Bertz CT molecular complexity index is 898. The Balaban J connectivity index is 1.17. The number of allylic oxidation sites excluding steroid dienone is 4. The van der Waals surface area contributed by atoms with E-state index in [1.165, 1.54) is 12.1 Å². The molecule has 0 radical (unpaired) electrons. The van der Waals surface area contributed by atoms with Crippen molar-refractivity contribution in [2.45, 2.75) is 19.3 Å². The first-order valence-corrected chi connectivity index (χ1v) is 11.2. The summed E-state index contributed by atoms with van der Waals surface area (Å²) in [5, 5.41) is 0. The first kappa shape index (κ1) is 21.9. The molecule has 0 atom stereocenters. The molecule has 1 aromatic carbocycles. The van der Waals surface area contributed by atoms with Crippen LogP contribution in [0.1, 0.15) is 19.3 Å². The molecule has 2 aliphatic heterocycles. The van der Waals surface area contributed by atoms with Crippen LogP contribution in [0.25, 0.3) is 0 Å². The molecule has 0 bridgehead atoms. The molecular formula is C23H25BrF2N2O3. The van der Waals surface area contributed by atoms with E-state index in [-0.39, 0.29) is 12.4 Å². The summed E-state index contributed by atoms with van der Waals surface area (Å²) in [5.41, 5.74) is 1.15. The summed E-state index contributed by atoms with van der Waals surface area (Å²) < 4.78 is 44.9. The van der Waals surface area contributed by atoms with Gasteiger partial charge >= 0.3 is 0 Å². The number of hydrogen-bond donors (Lipinski definition) is 0. The minimum Gasteiger partial charge on any atom is -0.488 e. The third kappa shape index (κ3) is 5.68. The predicted molar refractivity (Wildman–Crippen MR) is 117 cm³/mol. The Morgan fingerprint density at radius 1 is 1.03 bits per heavy atom. The van der Waals surface area contributed by atoms with Gasteiger partial charge in [-0.3, -0.25) is 4.90 Å². The molecule has 0 N–H and O–H groups in total. The van der Waals surface area contributed by atoms with Crippen LogP contribution in [0, 0.1) is 11.6 Å². The molecule has 0 unspecified atom stereocenters. The van der Waals surface area contributed by atoms with Crippen molar-refractivity contribution < 1.29 is 23.0 Å². The van der Waals surface area contributed by atoms with Gasteiger partial charge in [-0.2, -0.15) is 0 Å².